The molecule has 108 valence electrons. The zero-order chi connectivity index (χ0) is 14.5. The van der Waals surface area contributed by atoms with Crippen LogP contribution >= 0.6 is 11.6 Å². The van der Waals surface area contributed by atoms with E-state index in [1.54, 1.807) is 24.3 Å². The van der Waals surface area contributed by atoms with Gasteiger partial charge in [-0.3, -0.25) is 0 Å². The average molecular weight is 302 g/mol. The lowest BCUT2D eigenvalue weighted by atomic mass is 10.1. The van der Waals surface area contributed by atoms with Gasteiger partial charge in [-0.1, -0.05) is 12.1 Å². The van der Waals surface area contributed by atoms with E-state index in [2.05, 4.69) is 10.1 Å². The van der Waals surface area contributed by atoms with Crippen LogP contribution in [0.4, 0.5) is 8.78 Å². The molecule has 20 heavy (non-hydrogen) atoms. The summed E-state index contributed by atoms with van der Waals surface area (Å²) >= 11 is 5.68. The number of hydrogen-bond donors (Lipinski definition) is 1. The van der Waals surface area contributed by atoms with Gasteiger partial charge in [0.1, 0.15) is 11.5 Å². The van der Waals surface area contributed by atoms with Gasteiger partial charge in [-0.15, -0.1) is 0 Å². The first-order valence-corrected chi connectivity index (χ1v) is 6.45. The molecule has 1 atom stereocenters. The number of nitrogens with one attached hydrogen (secondary N) is 1. The Kier molecular flexibility index (Phi) is 4.98. The molecule has 2 rings (SSSR count). The fourth-order valence-corrected chi connectivity index (χ4v) is 1.94. The van der Waals surface area contributed by atoms with E-state index in [4.69, 9.17) is 16.0 Å². The standard InChI is InChI=1S/C14H14ClF2NO2/c1-9(18-8-12-5-6-13(15)19-12)10-3-2-4-11(7-10)20-14(16)17/h2-7,9,14,18H,8H2,1H3. The summed E-state index contributed by atoms with van der Waals surface area (Å²) in [5, 5.41) is 3.55. The average Bonchev–Trinajstić information content (AvgIpc) is 2.81. The molecule has 0 spiro atoms. The Morgan fingerprint density at radius 3 is 2.75 bits per heavy atom. The normalized spacial score (nSPS) is 12.7. The van der Waals surface area contributed by atoms with Crippen molar-refractivity contribution in [3.63, 3.8) is 0 Å². The molecule has 0 aliphatic rings. The van der Waals surface area contributed by atoms with Gasteiger partial charge in [-0.25, -0.2) is 0 Å². The molecule has 0 bridgehead atoms. The number of furan rings is 1. The van der Waals surface area contributed by atoms with Crippen LogP contribution in [-0.4, -0.2) is 6.61 Å². The Bertz CT molecular complexity index is 560. The van der Waals surface area contributed by atoms with Crippen LogP contribution in [0, 0.1) is 0 Å². The van der Waals surface area contributed by atoms with E-state index < -0.39 is 6.61 Å². The third-order valence-electron chi connectivity index (χ3n) is 2.79. The van der Waals surface area contributed by atoms with Crippen molar-refractivity contribution in [2.75, 3.05) is 0 Å². The number of alkyl halides is 2. The van der Waals surface area contributed by atoms with Crippen LogP contribution < -0.4 is 10.1 Å². The summed E-state index contributed by atoms with van der Waals surface area (Å²) in [6.45, 7) is -0.404. The van der Waals surface area contributed by atoms with Gasteiger partial charge in [0.05, 0.1) is 6.54 Å². The number of ether oxygens (including phenoxy) is 1. The van der Waals surface area contributed by atoms with Crippen molar-refractivity contribution in [1.29, 1.82) is 0 Å². The molecular formula is C14H14ClF2NO2. The first-order valence-electron chi connectivity index (χ1n) is 6.07. The fourth-order valence-electron chi connectivity index (χ4n) is 1.78. The molecule has 0 aliphatic carbocycles. The van der Waals surface area contributed by atoms with Crippen molar-refractivity contribution in [1.82, 2.24) is 5.32 Å². The van der Waals surface area contributed by atoms with Gasteiger partial charge < -0.3 is 14.5 Å². The largest absolute Gasteiger partial charge is 0.448 e. The van der Waals surface area contributed by atoms with Crippen molar-refractivity contribution in [3.8, 4) is 5.75 Å². The first kappa shape index (κ1) is 14.8. The molecule has 2 aromatic rings. The maximum atomic E-state index is 12.2. The lowest BCUT2D eigenvalue weighted by Gasteiger charge is -2.14. The smallest absolute Gasteiger partial charge is 0.387 e. The van der Waals surface area contributed by atoms with Crippen molar-refractivity contribution in [2.45, 2.75) is 26.1 Å². The summed E-state index contributed by atoms with van der Waals surface area (Å²) in [5.41, 5.74) is 0.848. The molecule has 0 saturated carbocycles. The molecular weight excluding hydrogens is 288 g/mol. The summed E-state index contributed by atoms with van der Waals surface area (Å²) in [5.74, 6) is 0.856. The fraction of sp³-hybridized carbons (Fsp3) is 0.286. The number of benzene rings is 1. The second-order valence-corrected chi connectivity index (χ2v) is 4.63. The molecule has 1 aromatic heterocycles. The van der Waals surface area contributed by atoms with Crippen molar-refractivity contribution in [2.24, 2.45) is 0 Å². The van der Waals surface area contributed by atoms with Crippen molar-refractivity contribution >= 4 is 11.6 Å². The highest BCUT2D eigenvalue weighted by atomic mass is 35.5. The van der Waals surface area contributed by atoms with Gasteiger partial charge in [0, 0.05) is 6.04 Å². The van der Waals surface area contributed by atoms with Crippen LogP contribution in [-0.2, 0) is 6.54 Å². The predicted octanol–water partition coefficient (Wildman–Crippen LogP) is 4.39. The molecule has 0 radical (unpaired) electrons. The van der Waals surface area contributed by atoms with Crippen LogP contribution in [0.3, 0.4) is 0 Å². The lowest BCUT2D eigenvalue weighted by molar-refractivity contribution is -0.0499. The van der Waals surface area contributed by atoms with E-state index in [0.717, 1.165) is 5.56 Å². The quantitative estimate of drug-likeness (QED) is 0.859. The molecule has 0 aliphatic heterocycles. The van der Waals surface area contributed by atoms with Crippen molar-refractivity contribution in [3.05, 3.63) is 52.9 Å². The molecule has 0 saturated heterocycles. The molecule has 1 N–H and O–H groups in total. The highest BCUT2D eigenvalue weighted by Gasteiger charge is 2.09. The van der Waals surface area contributed by atoms with E-state index in [1.807, 2.05) is 13.0 Å². The van der Waals surface area contributed by atoms with Crippen LogP contribution in [0.2, 0.25) is 5.22 Å². The Labute approximate surface area is 120 Å². The third-order valence-corrected chi connectivity index (χ3v) is 3.00. The zero-order valence-electron chi connectivity index (χ0n) is 10.8. The molecule has 6 heteroatoms. The molecule has 0 amide bonds. The second-order valence-electron chi connectivity index (χ2n) is 4.26. The number of rotatable bonds is 6. The Morgan fingerprint density at radius 1 is 1.30 bits per heavy atom. The summed E-state index contributed by atoms with van der Waals surface area (Å²) < 4.78 is 33.9. The van der Waals surface area contributed by atoms with E-state index >= 15 is 0 Å². The zero-order valence-corrected chi connectivity index (χ0v) is 11.5. The molecule has 3 nitrogen and oxygen atoms in total. The predicted molar refractivity (Wildman–Crippen MR) is 72.0 cm³/mol. The van der Waals surface area contributed by atoms with Gasteiger partial charge in [-0.05, 0) is 48.4 Å². The SMILES string of the molecule is CC(NCc1ccc(Cl)o1)c1cccc(OC(F)F)c1. The van der Waals surface area contributed by atoms with E-state index in [1.165, 1.54) is 6.07 Å². The topological polar surface area (TPSA) is 34.4 Å². The maximum absolute atomic E-state index is 12.2. The summed E-state index contributed by atoms with van der Waals surface area (Å²) in [6, 6.07) is 9.99. The minimum Gasteiger partial charge on any atom is -0.448 e. The maximum Gasteiger partial charge on any atom is 0.387 e. The van der Waals surface area contributed by atoms with Gasteiger partial charge >= 0.3 is 6.61 Å². The van der Waals surface area contributed by atoms with Gasteiger partial charge in [0.25, 0.3) is 0 Å². The third kappa shape index (κ3) is 4.21. The van der Waals surface area contributed by atoms with E-state index in [-0.39, 0.29) is 11.8 Å². The number of hydrogen-bond acceptors (Lipinski definition) is 3. The van der Waals surface area contributed by atoms with Crippen LogP contribution in [0.25, 0.3) is 0 Å². The van der Waals surface area contributed by atoms with Crippen LogP contribution in [0.1, 0.15) is 24.3 Å². The summed E-state index contributed by atoms with van der Waals surface area (Å²) in [6.07, 6.45) is 0. The number of halogens is 3. The highest BCUT2D eigenvalue weighted by Crippen LogP contribution is 2.21. The minimum absolute atomic E-state index is 0.0416. The van der Waals surface area contributed by atoms with E-state index in [0.29, 0.717) is 17.5 Å². The second kappa shape index (κ2) is 6.72. The summed E-state index contributed by atoms with van der Waals surface area (Å²) in [7, 11) is 0. The Hall–Kier alpha value is -1.59. The minimum atomic E-state index is -2.82. The van der Waals surface area contributed by atoms with Gasteiger partial charge in [0.2, 0.25) is 0 Å². The molecule has 0 fully saturated rings. The summed E-state index contributed by atoms with van der Waals surface area (Å²) in [4.78, 5) is 0. The van der Waals surface area contributed by atoms with Gasteiger partial charge in [-0.2, -0.15) is 8.78 Å². The first-order chi connectivity index (χ1) is 9.54. The van der Waals surface area contributed by atoms with Crippen molar-refractivity contribution < 1.29 is 17.9 Å². The molecule has 1 heterocycles. The van der Waals surface area contributed by atoms with E-state index in [9.17, 15) is 8.78 Å². The van der Waals surface area contributed by atoms with Crippen LogP contribution in [0.5, 0.6) is 5.75 Å². The Morgan fingerprint density at radius 2 is 2.10 bits per heavy atom. The monoisotopic (exact) mass is 301 g/mol. The molecule has 1 unspecified atom stereocenters. The van der Waals surface area contributed by atoms with Crippen LogP contribution in [0.15, 0.2) is 40.8 Å². The highest BCUT2D eigenvalue weighted by molar-refractivity contribution is 6.28. The Balaban J connectivity index is 1.96. The van der Waals surface area contributed by atoms with Gasteiger partial charge in [0.15, 0.2) is 5.22 Å². The lowest BCUT2D eigenvalue weighted by Crippen LogP contribution is -2.17. The molecule has 1 aromatic carbocycles.